The fourth-order valence-corrected chi connectivity index (χ4v) is 8.30. The number of thioether (sulfide) groups is 2. The van der Waals surface area contributed by atoms with Gasteiger partial charge >= 0.3 is 23.9 Å². The number of nitrogens with one attached hydrogen (secondary N) is 4. The molecule has 17 nitrogen and oxygen atoms in total. The average Bonchev–Trinajstić information content (AvgIpc) is 3.10. The van der Waals surface area contributed by atoms with E-state index in [1.807, 2.05) is 28.8 Å². The summed E-state index contributed by atoms with van der Waals surface area (Å²) in [5.41, 5.74) is 0. The van der Waals surface area contributed by atoms with Crippen molar-refractivity contribution in [1.29, 1.82) is 0 Å². The number of ketones is 1. The average molecular weight is 805 g/mol. The molecule has 0 unspecified atom stereocenters. The van der Waals surface area contributed by atoms with E-state index in [1.54, 1.807) is 0 Å². The lowest BCUT2D eigenvalue weighted by molar-refractivity contribution is -0.147. The molecule has 2 saturated carbocycles. The van der Waals surface area contributed by atoms with E-state index in [9.17, 15) is 43.2 Å². The highest BCUT2D eigenvalue weighted by molar-refractivity contribution is 8.02. The molecule has 2 aliphatic carbocycles. The first-order valence-electron chi connectivity index (χ1n) is 18.2. The van der Waals surface area contributed by atoms with Gasteiger partial charge in [-0.25, -0.2) is 4.79 Å². The van der Waals surface area contributed by atoms with Gasteiger partial charge in [0.25, 0.3) is 0 Å². The Morgan fingerprint density at radius 1 is 0.574 bits per heavy atom. The van der Waals surface area contributed by atoms with E-state index in [2.05, 4.69) is 16.0 Å². The highest BCUT2D eigenvalue weighted by Gasteiger charge is 2.33. The zero-order valence-electron chi connectivity index (χ0n) is 31.1. The number of carboxylic acid groups (broad SMARTS) is 4. The zero-order valence-corrected chi connectivity index (χ0v) is 32.8. The molecule has 4 atom stereocenters. The van der Waals surface area contributed by atoms with E-state index in [4.69, 9.17) is 20.4 Å². The molecule has 2 rings (SSSR count). The summed E-state index contributed by atoms with van der Waals surface area (Å²) >= 11 is 3.86. The van der Waals surface area contributed by atoms with Crippen molar-refractivity contribution in [3.8, 4) is 0 Å². The van der Waals surface area contributed by atoms with Gasteiger partial charge in [0.1, 0.15) is 24.2 Å². The molecule has 0 radical (unpaired) electrons. The minimum Gasteiger partial charge on any atom is -0.481 e. The first-order chi connectivity index (χ1) is 25.4. The molecule has 0 aromatic rings. The van der Waals surface area contributed by atoms with E-state index < -0.39 is 103 Å². The van der Waals surface area contributed by atoms with Gasteiger partial charge in [0.05, 0.1) is 24.3 Å². The van der Waals surface area contributed by atoms with Gasteiger partial charge in [0.15, 0.2) is 5.78 Å². The van der Waals surface area contributed by atoms with Gasteiger partial charge < -0.3 is 41.7 Å². The maximum Gasteiger partial charge on any atom is 0.326 e. The number of carboxylic acids is 4. The minimum atomic E-state index is -1.80. The van der Waals surface area contributed by atoms with Crippen molar-refractivity contribution in [2.75, 3.05) is 11.5 Å². The number of Topliss-reactive ketones (excluding diaryl/α,β-unsaturated/α-hetero) is 1. The summed E-state index contributed by atoms with van der Waals surface area (Å²) in [5, 5.41) is 45.9. The number of aliphatic carboxylic acids is 4. The van der Waals surface area contributed by atoms with Crippen molar-refractivity contribution in [3.05, 3.63) is 0 Å². The van der Waals surface area contributed by atoms with Gasteiger partial charge in [0.2, 0.25) is 23.6 Å². The summed E-state index contributed by atoms with van der Waals surface area (Å²) in [5.74, 6) is -8.50. The van der Waals surface area contributed by atoms with E-state index in [-0.39, 0.29) is 0 Å². The molecule has 0 spiro atoms. The number of carbonyl (C=O) groups is 9. The van der Waals surface area contributed by atoms with Crippen molar-refractivity contribution < 1.29 is 63.6 Å². The highest BCUT2D eigenvalue weighted by atomic mass is 32.2. The summed E-state index contributed by atoms with van der Waals surface area (Å²) in [4.78, 5) is 105. The van der Waals surface area contributed by atoms with E-state index in [0.717, 1.165) is 28.9 Å². The van der Waals surface area contributed by atoms with Crippen molar-refractivity contribution >= 4 is 76.8 Å². The molecule has 2 fully saturated rings. The van der Waals surface area contributed by atoms with Gasteiger partial charge in [-0.15, -0.1) is 0 Å². The lowest BCUT2D eigenvalue weighted by atomic mass is 10.0. The Morgan fingerprint density at radius 3 is 1.43 bits per heavy atom. The SMILES string of the molecule is CC(=O)N[C@@H](CC(=O)O)C(=O)N[C@@H](CCC(=O)O)C(=O)N[C@H](C(=O)N[C@@H](CC(=O)O)C(=O)O)C(C)C.O=C(CSC1CCCCC1)CSC1CCCCC1. The summed E-state index contributed by atoms with van der Waals surface area (Å²) < 4.78 is 0. The summed E-state index contributed by atoms with van der Waals surface area (Å²) in [6, 6.07) is -6.38. The fraction of sp³-hybridized carbons (Fsp3) is 0.743. The van der Waals surface area contributed by atoms with E-state index in [0.29, 0.717) is 5.78 Å². The molecule has 0 aromatic heterocycles. The molecule has 0 aromatic carbocycles. The lowest BCUT2D eigenvalue weighted by Crippen LogP contribution is -2.59. The molecule has 2 aliphatic rings. The van der Waals surface area contributed by atoms with Crippen LogP contribution in [0, 0.1) is 5.92 Å². The van der Waals surface area contributed by atoms with Crippen LogP contribution in [0.15, 0.2) is 0 Å². The fourth-order valence-electron chi connectivity index (χ4n) is 5.79. The van der Waals surface area contributed by atoms with Crippen molar-refractivity contribution in [1.82, 2.24) is 21.3 Å². The first-order valence-corrected chi connectivity index (χ1v) is 20.3. The van der Waals surface area contributed by atoms with Crippen LogP contribution in [-0.2, 0) is 43.2 Å². The topological polar surface area (TPSA) is 283 Å². The van der Waals surface area contributed by atoms with Crippen LogP contribution >= 0.6 is 23.5 Å². The van der Waals surface area contributed by atoms with Crippen LogP contribution in [0.4, 0.5) is 0 Å². The molecule has 8 N–H and O–H groups in total. The van der Waals surface area contributed by atoms with Crippen molar-refractivity contribution in [3.63, 3.8) is 0 Å². The molecule has 0 bridgehead atoms. The maximum atomic E-state index is 12.9. The monoisotopic (exact) mass is 804 g/mol. The van der Waals surface area contributed by atoms with Crippen LogP contribution in [-0.4, -0.2) is 120 Å². The zero-order chi connectivity index (χ0) is 40.8. The smallest absolute Gasteiger partial charge is 0.326 e. The van der Waals surface area contributed by atoms with E-state index >= 15 is 0 Å². The molecule has 0 saturated heterocycles. The molecule has 54 heavy (non-hydrogen) atoms. The predicted octanol–water partition coefficient (Wildman–Crippen LogP) is 2.19. The normalized spacial score (nSPS) is 17.0. The standard InChI is InChI=1S/C20H30N4O12.C15H26OS2/c1-8(2)16(19(34)23-12(20(35)36)7-15(30)31)24-17(32)10(4-5-13(26)27)22-18(33)11(6-14(28)29)21-9(3)25;16-13(11-17-14-7-3-1-4-8-14)12-18-15-9-5-2-6-10-15/h8,10-12,16H,4-7H2,1-3H3,(H,21,25)(H,22,33)(H,23,34)(H,24,32)(H,26,27)(H,28,29)(H,30,31)(H,35,36);14-15H,1-12H2/t10-,11-,12-,16-;/m0./s1. The van der Waals surface area contributed by atoms with Crippen LogP contribution in [0.3, 0.4) is 0 Å². The third-order valence-electron chi connectivity index (χ3n) is 8.66. The molecule has 4 amide bonds. The Labute approximate surface area is 323 Å². The van der Waals surface area contributed by atoms with Gasteiger partial charge in [0, 0.05) is 23.8 Å². The predicted molar refractivity (Wildman–Crippen MR) is 201 cm³/mol. The Bertz CT molecular complexity index is 1260. The summed E-state index contributed by atoms with van der Waals surface area (Å²) in [6.45, 7) is 3.97. The number of carbonyl (C=O) groups excluding carboxylic acids is 5. The lowest BCUT2D eigenvalue weighted by Gasteiger charge is -2.27. The van der Waals surface area contributed by atoms with Crippen LogP contribution in [0.5, 0.6) is 0 Å². The van der Waals surface area contributed by atoms with Gasteiger partial charge in [-0.2, -0.15) is 23.5 Å². The minimum absolute atomic E-state index is 0.473. The maximum absolute atomic E-state index is 12.9. The number of rotatable bonds is 22. The molecule has 19 heteroatoms. The van der Waals surface area contributed by atoms with Crippen molar-refractivity contribution in [2.45, 2.75) is 145 Å². The number of hydrogen-bond donors (Lipinski definition) is 8. The third-order valence-corrected chi connectivity index (χ3v) is 11.5. The molecule has 0 heterocycles. The third kappa shape index (κ3) is 21.1. The first kappa shape index (κ1) is 48.1. The Morgan fingerprint density at radius 2 is 1.02 bits per heavy atom. The van der Waals surface area contributed by atoms with Crippen LogP contribution in [0.1, 0.15) is 111 Å². The summed E-state index contributed by atoms with van der Waals surface area (Å²) in [7, 11) is 0. The van der Waals surface area contributed by atoms with Gasteiger partial charge in [-0.1, -0.05) is 52.4 Å². The van der Waals surface area contributed by atoms with Crippen LogP contribution in [0.25, 0.3) is 0 Å². The second-order valence-corrected chi connectivity index (χ2v) is 16.3. The van der Waals surface area contributed by atoms with Crippen LogP contribution in [0.2, 0.25) is 0 Å². The molecule has 0 aliphatic heterocycles. The number of amides is 4. The second kappa shape index (κ2) is 26.0. The molecule has 306 valence electrons. The molecular weight excluding hydrogens is 749 g/mol. The van der Waals surface area contributed by atoms with E-state index in [1.165, 1.54) is 78.1 Å². The number of hydrogen-bond acceptors (Lipinski definition) is 11. The molecular formula is C35H56N4O13S2. The second-order valence-electron chi connectivity index (χ2n) is 13.8. The van der Waals surface area contributed by atoms with Crippen LogP contribution < -0.4 is 21.3 Å². The van der Waals surface area contributed by atoms with Crippen molar-refractivity contribution in [2.24, 2.45) is 5.92 Å². The van der Waals surface area contributed by atoms with Gasteiger partial charge in [-0.3, -0.25) is 38.4 Å². The quantitative estimate of drug-likeness (QED) is 0.0779. The Kier molecular flexibility index (Phi) is 23.2. The van der Waals surface area contributed by atoms with Gasteiger partial charge in [-0.05, 0) is 38.0 Å². The Hall–Kier alpha value is -3.87. The Balaban J connectivity index is 0.000000667. The largest absolute Gasteiger partial charge is 0.481 e. The highest BCUT2D eigenvalue weighted by Crippen LogP contribution is 2.30. The summed E-state index contributed by atoms with van der Waals surface area (Å²) in [6.07, 6.45) is 10.8.